The predicted molar refractivity (Wildman–Crippen MR) is 76.4 cm³/mol. The second-order valence-electron chi connectivity index (χ2n) is 5.36. The van der Waals surface area contributed by atoms with Crippen LogP contribution >= 0.6 is 11.6 Å². The minimum atomic E-state index is 0.677. The average molecular weight is 282 g/mol. The zero-order chi connectivity index (χ0) is 13.1. The van der Waals surface area contributed by atoms with Gasteiger partial charge in [0.25, 0.3) is 0 Å². The third-order valence-electron chi connectivity index (χ3n) is 3.82. The number of fused-ring (bicyclic) bond motifs is 1. The quantitative estimate of drug-likeness (QED) is 0.904. The Morgan fingerprint density at radius 1 is 1.16 bits per heavy atom. The van der Waals surface area contributed by atoms with Crippen LogP contribution in [0.25, 0.3) is 0 Å². The van der Waals surface area contributed by atoms with Gasteiger partial charge in [-0.1, -0.05) is 11.6 Å². The first kappa shape index (κ1) is 13.1. The van der Waals surface area contributed by atoms with Crippen LogP contribution in [-0.4, -0.2) is 26.3 Å². The van der Waals surface area contributed by atoms with Crippen LogP contribution in [0.5, 0.6) is 11.5 Å². The fraction of sp³-hybridized carbons (Fsp3) is 0.600. The van der Waals surface area contributed by atoms with Crippen LogP contribution in [0.4, 0.5) is 0 Å². The maximum atomic E-state index is 6.38. The second-order valence-corrected chi connectivity index (χ2v) is 5.76. The molecule has 2 aliphatic rings. The highest BCUT2D eigenvalue weighted by Gasteiger charge is 2.18. The lowest BCUT2D eigenvalue weighted by atomic mass is 9.92. The first-order valence-corrected chi connectivity index (χ1v) is 7.49. The molecule has 0 amide bonds. The van der Waals surface area contributed by atoms with Crippen LogP contribution in [0.15, 0.2) is 12.1 Å². The molecule has 4 heteroatoms. The van der Waals surface area contributed by atoms with E-state index in [2.05, 4.69) is 11.4 Å². The van der Waals surface area contributed by atoms with Gasteiger partial charge in [-0.25, -0.2) is 0 Å². The standard InChI is InChI=1S/C15H20ClNO2/c16-13-9-15-14(18-5-2-6-19-15)8-12(13)7-11-3-1-4-17-10-11/h8-9,11,17H,1-7,10H2. The van der Waals surface area contributed by atoms with Gasteiger partial charge in [0.1, 0.15) is 0 Å². The molecule has 1 fully saturated rings. The Bertz CT molecular complexity index is 444. The molecule has 3 nitrogen and oxygen atoms in total. The number of piperidine rings is 1. The van der Waals surface area contributed by atoms with E-state index in [1.54, 1.807) is 0 Å². The molecule has 0 saturated carbocycles. The molecule has 1 saturated heterocycles. The van der Waals surface area contributed by atoms with Crippen molar-refractivity contribution in [2.45, 2.75) is 25.7 Å². The molecular weight excluding hydrogens is 262 g/mol. The Morgan fingerprint density at radius 3 is 2.68 bits per heavy atom. The van der Waals surface area contributed by atoms with Gasteiger partial charge in [0.2, 0.25) is 0 Å². The second kappa shape index (κ2) is 6.02. The van der Waals surface area contributed by atoms with Gasteiger partial charge in [0.05, 0.1) is 13.2 Å². The SMILES string of the molecule is Clc1cc2c(cc1CC1CCCNC1)OCCCO2. The van der Waals surface area contributed by atoms with Gasteiger partial charge >= 0.3 is 0 Å². The zero-order valence-corrected chi connectivity index (χ0v) is 11.8. The van der Waals surface area contributed by atoms with Crippen LogP contribution < -0.4 is 14.8 Å². The van der Waals surface area contributed by atoms with E-state index in [0.717, 1.165) is 49.1 Å². The summed E-state index contributed by atoms with van der Waals surface area (Å²) in [6.07, 6.45) is 4.47. The molecule has 0 bridgehead atoms. The highest BCUT2D eigenvalue weighted by Crippen LogP contribution is 2.36. The molecule has 104 valence electrons. The van der Waals surface area contributed by atoms with E-state index in [0.29, 0.717) is 12.5 Å². The van der Waals surface area contributed by atoms with Crippen molar-refractivity contribution < 1.29 is 9.47 Å². The number of hydrogen-bond acceptors (Lipinski definition) is 3. The minimum Gasteiger partial charge on any atom is -0.490 e. The lowest BCUT2D eigenvalue weighted by Gasteiger charge is -2.23. The predicted octanol–water partition coefficient (Wildman–Crippen LogP) is 3.04. The number of nitrogens with one attached hydrogen (secondary N) is 1. The largest absolute Gasteiger partial charge is 0.490 e. The minimum absolute atomic E-state index is 0.677. The lowest BCUT2D eigenvalue weighted by Crippen LogP contribution is -2.30. The number of halogens is 1. The fourth-order valence-electron chi connectivity index (χ4n) is 2.79. The summed E-state index contributed by atoms with van der Waals surface area (Å²) in [6.45, 7) is 3.66. The fourth-order valence-corrected chi connectivity index (χ4v) is 3.02. The van der Waals surface area contributed by atoms with Crippen molar-refractivity contribution >= 4 is 11.6 Å². The van der Waals surface area contributed by atoms with E-state index in [9.17, 15) is 0 Å². The smallest absolute Gasteiger partial charge is 0.162 e. The molecule has 1 unspecified atom stereocenters. The maximum Gasteiger partial charge on any atom is 0.162 e. The highest BCUT2D eigenvalue weighted by atomic mass is 35.5. The van der Waals surface area contributed by atoms with Crippen molar-refractivity contribution in [1.29, 1.82) is 0 Å². The Morgan fingerprint density at radius 2 is 1.95 bits per heavy atom. The van der Waals surface area contributed by atoms with Gasteiger partial charge in [-0.2, -0.15) is 0 Å². The van der Waals surface area contributed by atoms with Crippen molar-refractivity contribution in [3.05, 3.63) is 22.7 Å². The van der Waals surface area contributed by atoms with Crippen molar-refractivity contribution in [3.8, 4) is 11.5 Å². The third-order valence-corrected chi connectivity index (χ3v) is 4.18. The van der Waals surface area contributed by atoms with Crippen LogP contribution in [-0.2, 0) is 6.42 Å². The molecule has 3 rings (SSSR count). The molecule has 19 heavy (non-hydrogen) atoms. The van der Waals surface area contributed by atoms with E-state index in [1.165, 1.54) is 18.4 Å². The molecular formula is C15H20ClNO2. The monoisotopic (exact) mass is 281 g/mol. The summed E-state index contributed by atoms with van der Waals surface area (Å²) in [7, 11) is 0. The number of rotatable bonds is 2. The molecule has 0 aromatic heterocycles. The maximum absolute atomic E-state index is 6.38. The number of hydrogen-bond donors (Lipinski definition) is 1. The molecule has 0 spiro atoms. The first-order valence-electron chi connectivity index (χ1n) is 7.11. The highest BCUT2D eigenvalue weighted by molar-refractivity contribution is 6.31. The normalized spacial score (nSPS) is 22.9. The van der Waals surface area contributed by atoms with Crippen molar-refractivity contribution in [2.75, 3.05) is 26.3 Å². The Balaban J connectivity index is 1.78. The average Bonchev–Trinajstić information content (AvgIpc) is 2.65. The van der Waals surface area contributed by atoms with E-state index >= 15 is 0 Å². The van der Waals surface area contributed by atoms with Crippen molar-refractivity contribution in [3.63, 3.8) is 0 Å². The van der Waals surface area contributed by atoms with E-state index < -0.39 is 0 Å². The van der Waals surface area contributed by atoms with E-state index in [-0.39, 0.29) is 0 Å². The van der Waals surface area contributed by atoms with Crippen molar-refractivity contribution in [2.24, 2.45) is 5.92 Å². The van der Waals surface area contributed by atoms with Gasteiger partial charge in [-0.3, -0.25) is 0 Å². The summed E-state index contributed by atoms with van der Waals surface area (Å²) in [4.78, 5) is 0. The Hall–Kier alpha value is -0.930. The van der Waals surface area contributed by atoms with Crippen LogP contribution in [0.2, 0.25) is 5.02 Å². The molecule has 2 heterocycles. The molecule has 0 aliphatic carbocycles. The third kappa shape index (κ3) is 3.15. The molecule has 1 atom stereocenters. The lowest BCUT2D eigenvalue weighted by molar-refractivity contribution is 0.297. The molecule has 1 aromatic rings. The molecule has 1 aromatic carbocycles. The van der Waals surface area contributed by atoms with E-state index in [1.807, 2.05) is 6.07 Å². The summed E-state index contributed by atoms with van der Waals surface area (Å²) in [5.74, 6) is 2.31. The summed E-state index contributed by atoms with van der Waals surface area (Å²) in [5, 5.41) is 4.25. The molecule has 2 aliphatic heterocycles. The van der Waals surface area contributed by atoms with E-state index in [4.69, 9.17) is 21.1 Å². The Labute approximate surface area is 119 Å². The van der Waals surface area contributed by atoms with Gasteiger partial charge in [-0.15, -0.1) is 0 Å². The zero-order valence-electron chi connectivity index (χ0n) is 11.1. The summed E-state index contributed by atoms with van der Waals surface area (Å²) in [5.41, 5.74) is 1.18. The molecule has 1 N–H and O–H groups in total. The van der Waals surface area contributed by atoms with Crippen molar-refractivity contribution in [1.82, 2.24) is 5.32 Å². The molecule has 0 radical (unpaired) electrons. The summed E-state index contributed by atoms with van der Waals surface area (Å²) >= 11 is 6.38. The first-order chi connectivity index (χ1) is 9.33. The van der Waals surface area contributed by atoms with Gasteiger partial charge in [0.15, 0.2) is 11.5 Å². The van der Waals surface area contributed by atoms with Crippen LogP contribution in [0.3, 0.4) is 0 Å². The van der Waals surface area contributed by atoms with Crippen LogP contribution in [0, 0.1) is 5.92 Å². The topological polar surface area (TPSA) is 30.5 Å². The number of benzene rings is 1. The number of ether oxygens (including phenoxy) is 2. The van der Waals surface area contributed by atoms with Gasteiger partial charge in [0, 0.05) is 17.5 Å². The summed E-state index contributed by atoms with van der Waals surface area (Å²) < 4.78 is 11.4. The summed E-state index contributed by atoms with van der Waals surface area (Å²) in [6, 6.07) is 3.98. The van der Waals surface area contributed by atoms with Gasteiger partial charge < -0.3 is 14.8 Å². The van der Waals surface area contributed by atoms with Crippen LogP contribution in [0.1, 0.15) is 24.8 Å². The Kier molecular flexibility index (Phi) is 4.14. The van der Waals surface area contributed by atoms with Gasteiger partial charge in [-0.05, 0) is 49.9 Å².